The zero-order valence-corrected chi connectivity index (χ0v) is 10.5. The van der Waals surface area contributed by atoms with E-state index in [4.69, 9.17) is 4.74 Å². The van der Waals surface area contributed by atoms with Crippen LogP contribution in [0.5, 0.6) is 0 Å². The molecule has 2 nitrogen and oxygen atoms in total. The Labute approximate surface area is 107 Å². The number of benzene rings is 1. The molecule has 0 radical (unpaired) electrons. The maximum Gasteiger partial charge on any atom is 0.330 e. The number of halogens is 1. The second kappa shape index (κ2) is 8.45. The summed E-state index contributed by atoms with van der Waals surface area (Å²) in [6.45, 7) is 3.76. The molecule has 0 aliphatic carbocycles. The molecule has 0 spiro atoms. The molecule has 0 heterocycles. The Morgan fingerprint density at radius 1 is 1.22 bits per heavy atom. The largest absolute Gasteiger partial charge is 0.463 e. The van der Waals surface area contributed by atoms with Crippen LogP contribution in [0.3, 0.4) is 0 Å². The lowest BCUT2D eigenvalue weighted by atomic mass is 10.1. The van der Waals surface area contributed by atoms with Gasteiger partial charge in [-0.05, 0) is 30.9 Å². The van der Waals surface area contributed by atoms with Gasteiger partial charge in [0.25, 0.3) is 0 Å². The van der Waals surface area contributed by atoms with E-state index in [1.807, 2.05) is 12.1 Å². The van der Waals surface area contributed by atoms with Gasteiger partial charge in [-0.1, -0.05) is 37.6 Å². The first kappa shape index (κ1) is 14.4. The molecule has 0 aromatic heterocycles. The van der Waals surface area contributed by atoms with Crippen LogP contribution < -0.4 is 0 Å². The summed E-state index contributed by atoms with van der Waals surface area (Å²) in [5, 5.41) is 0. The number of carbonyl (C=O) groups excluding carboxylic acids is 1. The van der Waals surface area contributed by atoms with E-state index >= 15 is 0 Å². The third-order valence-corrected chi connectivity index (χ3v) is 2.71. The number of unbranched alkanes of at least 4 members (excludes halogenated alkanes) is 3. The summed E-state index contributed by atoms with van der Waals surface area (Å²) in [7, 11) is 0. The number of hydrogen-bond acceptors (Lipinski definition) is 2. The van der Waals surface area contributed by atoms with Gasteiger partial charge in [0.2, 0.25) is 0 Å². The Balaban J connectivity index is 2.04. The van der Waals surface area contributed by atoms with Crippen LogP contribution in [0, 0.1) is 5.82 Å². The minimum Gasteiger partial charge on any atom is -0.463 e. The summed E-state index contributed by atoms with van der Waals surface area (Å²) in [5.41, 5.74) is 0.774. The van der Waals surface area contributed by atoms with Crippen LogP contribution in [-0.4, -0.2) is 12.6 Å². The smallest absolute Gasteiger partial charge is 0.330 e. The molecule has 0 saturated carbocycles. The fourth-order valence-electron chi connectivity index (χ4n) is 1.70. The van der Waals surface area contributed by atoms with Gasteiger partial charge in [0.05, 0.1) is 6.61 Å². The average molecular weight is 250 g/mol. The Hall–Kier alpha value is -1.64. The van der Waals surface area contributed by atoms with Gasteiger partial charge in [-0.25, -0.2) is 9.18 Å². The van der Waals surface area contributed by atoms with Crippen molar-refractivity contribution < 1.29 is 13.9 Å². The normalized spacial score (nSPS) is 10.1. The van der Waals surface area contributed by atoms with Gasteiger partial charge in [0.1, 0.15) is 5.82 Å². The summed E-state index contributed by atoms with van der Waals surface area (Å²) in [6, 6.07) is 6.87. The van der Waals surface area contributed by atoms with Crippen molar-refractivity contribution in [1.82, 2.24) is 0 Å². The molecule has 0 unspecified atom stereocenters. The lowest BCUT2D eigenvalue weighted by Crippen LogP contribution is -2.01. The van der Waals surface area contributed by atoms with E-state index in [1.54, 1.807) is 6.07 Å². The Morgan fingerprint density at radius 2 is 1.94 bits per heavy atom. The second-order valence-electron chi connectivity index (χ2n) is 4.13. The Morgan fingerprint density at radius 3 is 2.67 bits per heavy atom. The summed E-state index contributed by atoms with van der Waals surface area (Å²) < 4.78 is 18.1. The molecule has 0 N–H and O–H groups in total. The predicted molar refractivity (Wildman–Crippen MR) is 69.7 cm³/mol. The fraction of sp³-hybridized carbons (Fsp3) is 0.400. The van der Waals surface area contributed by atoms with Crippen molar-refractivity contribution in [2.75, 3.05) is 6.61 Å². The lowest BCUT2D eigenvalue weighted by molar-refractivity contribution is -0.137. The highest BCUT2D eigenvalue weighted by atomic mass is 19.1. The molecular formula is C15H19FO2. The van der Waals surface area contributed by atoms with E-state index in [-0.39, 0.29) is 11.8 Å². The fourth-order valence-corrected chi connectivity index (χ4v) is 1.70. The first-order valence-electron chi connectivity index (χ1n) is 6.26. The molecule has 98 valence electrons. The van der Waals surface area contributed by atoms with E-state index < -0.39 is 0 Å². The first-order chi connectivity index (χ1) is 8.74. The van der Waals surface area contributed by atoms with Crippen molar-refractivity contribution in [3.8, 4) is 0 Å². The molecule has 0 saturated heterocycles. The van der Waals surface area contributed by atoms with Gasteiger partial charge in [-0.15, -0.1) is 0 Å². The van der Waals surface area contributed by atoms with Crippen molar-refractivity contribution >= 4 is 5.97 Å². The molecule has 1 aromatic carbocycles. The quantitative estimate of drug-likeness (QED) is 0.400. The van der Waals surface area contributed by atoms with Crippen LogP contribution in [0.2, 0.25) is 0 Å². The minimum absolute atomic E-state index is 0.127. The highest BCUT2D eigenvalue weighted by molar-refractivity contribution is 5.81. The van der Waals surface area contributed by atoms with Crippen molar-refractivity contribution in [2.45, 2.75) is 32.1 Å². The van der Waals surface area contributed by atoms with Gasteiger partial charge >= 0.3 is 5.97 Å². The van der Waals surface area contributed by atoms with Gasteiger partial charge < -0.3 is 4.74 Å². The van der Waals surface area contributed by atoms with Crippen molar-refractivity contribution in [3.63, 3.8) is 0 Å². The topological polar surface area (TPSA) is 26.3 Å². The standard InChI is InChI=1S/C15H19FO2/c1-2-15(17)18-12-8-4-3-5-9-13-10-6-7-11-14(13)16/h2,6-7,10-11H,1,3-5,8-9,12H2. The van der Waals surface area contributed by atoms with E-state index in [0.29, 0.717) is 6.61 Å². The van der Waals surface area contributed by atoms with Crippen molar-refractivity contribution in [1.29, 1.82) is 0 Å². The first-order valence-corrected chi connectivity index (χ1v) is 6.26. The van der Waals surface area contributed by atoms with Crippen molar-refractivity contribution in [2.24, 2.45) is 0 Å². The Bertz CT molecular complexity index is 388. The molecule has 18 heavy (non-hydrogen) atoms. The molecule has 1 rings (SSSR count). The third kappa shape index (κ3) is 5.62. The van der Waals surface area contributed by atoms with Crippen LogP contribution in [0.15, 0.2) is 36.9 Å². The summed E-state index contributed by atoms with van der Waals surface area (Å²) in [5.74, 6) is -0.501. The van der Waals surface area contributed by atoms with E-state index in [0.717, 1.165) is 43.7 Å². The highest BCUT2D eigenvalue weighted by Crippen LogP contribution is 2.11. The predicted octanol–water partition coefficient (Wildman–Crippen LogP) is 3.66. The zero-order valence-electron chi connectivity index (χ0n) is 10.5. The second-order valence-corrected chi connectivity index (χ2v) is 4.13. The van der Waals surface area contributed by atoms with Crippen LogP contribution in [-0.2, 0) is 16.0 Å². The summed E-state index contributed by atoms with van der Waals surface area (Å²) in [6.07, 6.45) is 5.73. The average Bonchev–Trinajstić information content (AvgIpc) is 2.39. The lowest BCUT2D eigenvalue weighted by Gasteiger charge is -2.04. The zero-order chi connectivity index (χ0) is 13.2. The number of hydrogen-bond donors (Lipinski definition) is 0. The van der Waals surface area contributed by atoms with E-state index in [1.165, 1.54) is 6.07 Å². The minimum atomic E-state index is -0.374. The van der Waals surface area contributed by atoms with E-state index in [9.17, 15) is 9.18 Å². The number of aryl methyl sites for hydroxylation is 1. The molecule has 0 aliphatic heterocycles. The molecule has 1 aromatic rings. The van der Waals surface area contributed by atoms with Crippen LogP contribution in [0.1, 0.15) is 31.2 Å². The SMILES string of the molecule is C=CC(=O)OCCCCCCc1ccccc1F. The Kier molecular flexibility index (Phi) is 6.77. The molecule has 3 heteroatoms. The third-order valence-electron chi connectivity index (χ3n) is 2.71. The number of carbonyl (C=O) groups is 1. The van der Waals surface area contributed by atoms with Crippen LogP contribution >= 0.6 is 0 Å². The van der Waals surface area contributed by atoms with Gasteiger partial charge in [0.15, 0.2) is 0 Å². The van der Waals surface area contributed by atoms with E-state index in [2.05, 4.69) is 6.58 Å². The highest BCUT2D eigenvalue weighted by Gasteiger charge is 2.00. The van der Waals surface area contributed by atoms with Gasteiger partial charge in [-0.3, -0.25) is 0 Å². The van der Waals surface area contributed by atoms with Gasteiger partial charge in [0, 0.05) is 6.08 Å². The molecule has 0 bridgehead atoms. The molecule has 0 atom stereocenters. The van der Waals surface area contributed by atoms with Crippen molar-refractivity contribution in [3.05, 3.63) is 48.3 Å². The van der Waals surface area contributed by atoms with Crippen LogP contribution in [0.25, 0.3) is 0 Å². The maximum atomic E-state index is 13.3. The summed E-state index contributed by atoms with van der Waals surface area (Å²) in [4.78, 5) is 10.7. The maximum absolute atomic E-state index is 13.3. The monoisotopic (exact) mass is 250 g/mol. The molecule has 0 fully saturated rings. The number of esters is 1. The molecule has 0 amide bonds. The number of ether oxygens (including phenoxy) is 1. The molecular weight excluding hydrogens is 231 g/mol. The molecule has 0 aliphatic rings. The van der Waals surface area contributed by atoms with Crippen LogP contribution in [0.4, 0.5) is 4.39 Å². The summed E-state index contributed by atoms with van der Waals surface area (Å²) >= 11 is 0. The van der Waals surface area contributed by atoms with Gasteiger partial charge in [-0.2, -0.15) is 0 Å². The number of rotatable bonds is 8.